The highest BCUT2D eigenvalue weighted by Crippen LogP contribution is 2.40. The molecule has 2 fully saturated rings. The summed E-state index contributed by atoms with van der Waals surface area (Å²) in [5.74, 6) is -1.12. The fourth-order valence-corrected chi connectivity index (χ4v) is 5.19. The highest BCUT2D eigenvalue weighted by molar-refractivity contribution is 7.09. The van der Waals surface area contributed by atoms with Gasteiger partial charge in [0.05, 0.1) is 18.2 Å². The van der Waals surface area contributed by atoms with Crippen LogP contribution in [0.25, 0.3) is 0 Å². The SMILES string of the molecule is O=C(CNC(=O)c1cccc(C(F)(F)F)c1)NC1CN([C@H]2CC[C@@](O)(c3nccs3)CC2)C1. The molecule has 1 saturated carbocycles. The van der Waals surface area contributed by atoms with E-state index in [0.717, 1.165) is 36.0 Å². The predicted molar refractivity (Wildman–Crippen MR) is 116 cm³/mol. The molecular formula is C22H25F3N4O3S. The molecular weight excluding hydrogens is 457 g/mol. The number of aromatic nitrogens is 1. The van der Waals surface area contributed by atoms with Crippen molar-refractivity contribution in [2.45, 2.75) is 49.5 Å². The van der Waals surface area contributed by atoms with Crippen molar-refractivity contribution in [3.05, 3.63) is 52.0 Å². The first-order chi connectivity index (χ1) is 15.6. The van der Waals surface area contributed by atoms with E-state index < -0.39 is 23.2 Å². The Morgan fingerprint density at radius 1 is 1.24 bits per heavy atom. The maximum atomic E-state index is 12.8. The van der Waals surface area contributed by atoms with Gasteiger partial charge in [0, 0.05) is 36.3 Å². The van der Waals surface area contributed by atoms with E-state index in [4.69, 9.17) is 0 Å². The van der Waals surface area contributed by atoms with Crippen LogP contribution in [0.3, 0.4) is 0 Å². The van der Waals surface area contributed by atoms with Crippen molar-refractivity contribution in [3.8, 4) is 0 Å². The number of rotatable bonds is 6. The van der Waals surface area contributed by atoms with Crippen LogP contribution in [0.15, 0.2) is 35.8 Å². The summed E-state index contributed by atoms with van der Waals surface area (Å²) in [6, 6.07) is 4.38. The van der Waals surface area contributed by atoms with Crippen molar-refractivity contribution in [2.75, 3.05) is 19.6 Å². The van der Waals surface area contributed by atoms with Gasteiger partial charge in [-0.15, -0.1) is 11.3 Å². The van der Waals surface area contributed by atoms with Crippen LogP contribution in [0.1, 0.15) is 46.6 Å². The molecule has 1 aromatic heterocycles. The first-order valence-corrected chi connectivity index (χ1v) is 11.6. The van der Waals surface area contributed by atoms with Gasteiger partial charge in [0.25, 0.3) is 5.91 Å². The van der Waals surface area contributed by atoms with E-state index in [-0.39, 0.29) is 24.1 Å². The third-order valence-corrected chi connectivity index (χ3v) is 7.23. The van der Waals surface area contributed by atoms with Crippen molar-refractivity contribution >= 4 is 23.2 Å². The zero-order valence-electron chi connectivity index (χ0n) is 17.8. The molecule has 7 nitrogen and oxygen atoms in total. The number of benzene rings is 1. The summed E-state index contributed by atoms with van der Waals surface area (Å²) in [7, 11) is 0. The minimum absolute atomic E-state index is 0.0391. The van der Waals surface area contributed by atoms with Gasteiger partial charge in [-0.05, 0) is 43.9 Å². The fourth-order valence-electron chi connectivity index (χ4n) is 4.39. The number of alkyl halides is 3. The van der Waals surface area contributed by atoms with E-state index in [2.05, 4.69) is 20.5 Å². The second-order valence-electron chi connectivity index (χ2n) is 8.58. The topological polar surface area (TPSA) is 94.6 Å². The van der Waals surface area contributed by atoms with Gasteiger partial charge >= 0.3 is 6.18 Å². The quantitative estimate of drug-likeness (QED) is 0.588. The number of amides is 2. The Hall–Kier alpha value is -2.50. The van der Waals surface area contributed by atoms with E-state index in [1.165, 1.54) is 17.4 Å². The van der Waals surface area contributed by atoms with E-state index in [1.54, 1.807) is 6.20 Å². The minimum atomic E-state index is -4.54. The van der Waals surface area contributed by atoms with Gasteiger partial charge in [0.2, 0.25) is 5.91 Å². The summed E-state index contributed by atoms with van der Waals surface area (Å²) >= 11 is 1.47. The number of nitrogens with one attached hydrogen (secondary N) is 2. The number of halogens is 3. The van der Waals surface area contributed by atoms with Crippen LogP contribution >= 0.6 is 11.3 Å². The van der Waals surface area contributed by atoms with Crippen LogP contribution in [0.4, 0.5) is 13.2 Å². The summed E-state index contributed by atoms with van der Waals surface area (Å²) in [6.07, 6.45) is 0.171. The maximum absolute atomic E-state index is 12.8. The van der Waals surface area contributed by atoms with Gasteiger partial charge in [-0.1, -0.05) is 6.07 Å². The van der Waals surface area contributed by atoms with Crippen LogP contribution in [-0.2, 0) is 16.6 Å². The van der Waals surface area contributed by atoms with Crippen LogP contribution in [0.2, 0.25) is 0 Å². The third-order valence-electron chi connectivity index (χ3n) is 6.27. The van der Waals surface area contributed by atoms with Gasteiger partial charge in [-0.2, -0.15) is 13.2 Å². The second kappa shape index (κ2) is 9.40. The first kappa shape index (κ1) is 23.7. The van der Waals surface area contributed by atoms with E-state index in [0.29, 0.717) is 32.0 Å². The molecule has 2 amide bonds. The highest BCUT2D eigenvalue weighted by Gasteiger charge is 2.41. The average Bonchev–Trinajstić information content (AvgIpc) is 3.31. The number of hydrogen-bond acceptors (Lipinski definition) is 6. The normalized spacial score (nSPS) is 24.2. The smallest absolute Gasteiger partial charge is 0.383 e. The summed E-state index contributed by atoms with van der Waals surface area (Å²) in [5.41, 5.74) is -1.91. The molecule has 2 aromatic rings. The summed E-state index contributed by atoms with van der Waals surface area (Å²) in [6.45, 7) is 1.07. The summed E-state index contributed by atoms with van der Waals surface area (Å²) < 4.78 is 38.4. The summed E-state index contributed by atoms with van der Waals surface area (Å²) in [5, 5.41) is 18.6. The van der Waals surface area contributed by atoms with Crippen molar-refractivity contribution in [1.82, 2.24) is 20.5 Å². The second-order valence-corrected chi connectivity index (χ2v) is 9.47. The predicted octanol–water partition coefficient (Wildman–Crippen LogP) is 2.52. The molecule has 1 aliphatic carbocycles. The molecule has 1 aliphatic heterocycles. The molecule has 1 aromatic carbocycles. The minimum Gasteiger partial charge on any atom is -0.383 e. The van der Waals surface area contributed by atoms with Crippen LogP contribution in [0.5, 0.6) is 0 Å². The van der Waals surface area contributed by atoms with Crippen LogP contribution in [-0.4, -0.2) is 58.5 Å². The zero-order valence-corrected chi connectivity index (χ0v) is 18.6. The standard InChI is InChI=1S/C22H25F3N4O3S/c23-22(24,25)15-3-1-2-14(10-15)19(31)27-11-18(30)28-16-12-29(13-16)17-4-6-21(32,7-5-17)20-26-8-9-33-20/h1-3,8-10,16-17,32H,4-7,11-13H2,(H,27,31)(H,28,30)/t17-,21-. The van der Waals surface area contributed by atoms with Gasteiger partial charge in [-0.3, -0.25) is 14.5 Å². The summed E-state index contributed by atoms with van der Waals surface area (Å²) in [4.78, 5) is 30.8. The number of nitrogens with zero attached hydrogens (tertiary/aromatic N) is 2. The lowest BCUT2D eigenvalue weighted by Gasteiger charge is -2.47. The van der Waals surface area contributed by atoms with Crippen molar-refractivity contribution in [2.24, 2.45) is 0 Å². The number of carbonyl (C=O) groups is 2. The Morgan fingerprint density at radius 2 is 1.97 bits per heavy atom. The highest BCUT2D eigenvalue weighted by atomic mass is 32.1. The maximum Gasteiger partial charge on any atom is 0.416 e. The monoisotopic (exact) mass is 482 g/mol. The Morgan fingerprint density at radius 3 is 2.61 bits per heavy atom. The molecule has 4 rings (SSSR count). The van der Waals surface area contributed by atoms with E-state index >= 15 is 0 Å². The molecule has 1 saturated heterocycles. The Kier molecular flexibility index (Phi) is 6.73. The van der Waals surface area contributed by atoms with Gasteiger partial charge < -0.3 is 15.7 Å². The van der Waals surface area contributed by atoms with Crippen LogP contribution in [0, 0.1) is 0 Å². The first-order valence-electron chi connectivity index (χ1n) is 10.8. The van der Waals surface area contributed by atoms with Crippen LogP contribution < -0.4 is 10.6 Å². The molecule has 0 atom stereocenters. The lowest BCUT2D eigenvalue weighted by Crippen LogP contribution is -2.63. The Balaban J connectivity index is 1.17. The molecule has 2 heterocycles. The molecule has 2 aliphatic rings. The number of aliphatic hydroxyl groups is 1. The zero-order chi connectivity index (χ0) is 23.6. The van der Waals surface area contributed by atoms with E-state index in [9.17, 15) is 27.9 Å². The van der Waals surface area contributed by atoms with Gasteiger partial charge in [0.1, 0.15) is 10.6 Å². The molecule has 0 unspecified atom stereocenters. The number of hydrogen-bond donors (Lipinski definition) is 3. The fraction of sp³-hybridized carbons (Fsp3) is 0.500. The van der Waals surface area contributed by atoms with Gasteiger partial charge in [0.15, 0.2) is 0 Å². The molecule has 3 N–H and O–H groups in total. The lowest BCUT2D eigenvalue weighted by molar-refractivity contribution is -0.137. The largest absolute Gasteiger partial charge is 0.416 e. The number of likely N-dealkylation sites (tertiary alicyclic amines) is 1. The van der Waals surface area contributed by atoms with E-state index in [1.807, 2.05) is 5.38 Å². The average molecular weight is 483 g/mol. The van der Waals surface area contributed by atoms with Gasteiger partial charge in [-0.25, -0.2) is 4.98 Å². The van der Waals surface area contributed by atoms with Crippen molar-refractivity contribution in [1.29, 1.82) is 0 Å². The molecule has 33 heavy (non-hydrogen) atoms. The number of thiazole rings is 1. The van der Waals surface area contributed by atoms with Crippen molar-refractivity contribution < 1.29 is 27.9 Å². The Labute approximate surface area is 193 Å². The third kappa shape index (κ3) is 5.53. The Bertz CT molecular complexity index is 985. The number of carbonyl (C=O) groups excluding carboxylic acids is 2. The molecule has 178 valence electrons. The lowest BCUT2D eigenvalue weighted by atomic mass is 9.81. The molecule has 0 bridgehead atoms. The molecule has 0 radical (unpaired) electrons. The van der Waals surface area contributed by atoms with Crippen molar-refractivity contribution in [3.63, 3.8) is 0 Å². The molecule has 0 spiro atoms. The molecule has 11 heteroatoms.